The Morgan fingerprint density at radius 2 is 2.39 bits per heavy atom. The van der Waals surface area contributed by atoms with Gasteiger partial charge in [0, 0.05) is 31.9 Å². The lowest BCUT2D eigenvalue weighted by atomic mass is 10.3. The van der Waals surface area contributed by atoms with Crippen LogP contribution < -0.4 is 5.32 Å². The van der Waals surface area contributed by atoms with Crippen LogP contribution in [0.15, 0.2) is 12.4 Å². The first-order chi connectivity index (χ1) is 8.70. The highest BCUT2D eigenvalue weighted by Crippen LogP contribution is 2.16. The molecule has 2 rings (SSSR count). The van der Waals surface area contributed by atoms with E-state index >= 15 is 0 Å². The van der Waals surface area contributed by atoms with E-state index in [9.17, 15) is 4.79 Å². The number of nitrogens with zero attached hydrogens (tertiary/aromatic N) is 4. The Balaban J connectivity index is 2.01. The largest absolute Gasteiger partial charge is 0.360 e. The van der Waals surface area contributed by atoms with Crippen molar-refractivity contribution in [3.8, 4) is 0 Å². The van der Waals surface area contributed by atoms with Crippen LogP contribution in [0.4, 0.5) is 5.13 Å². The van der Waals surface area contributed by atoms with Crippen LogP contribution in [0.25, 0.3) is 0 Å². The molecule has 0 atom stereocenters. The molecule has 0 aliphatic heterocycles. The smallest absolute Gasteiger partial charge is 0.284 e. The van der Waals surface area contributed by atoms with Gasteiger partial charge < -0.3 is 10.2 Å². The van der Waals surface area contributed by atoms with Crippen LogP contribution in [0, 0.1) is 0 Å². The van der Waals surface area contributed by atoms with Crippen molar-refractivity contribution in [2.75, 3.05) is 18.9 Å². The van der Waals surface area contributed by atoms with E-state index in [1.54, 1.807) is 24.3 Å². The Morgan fingerprint density at radius 1 is 1.56 bits per heavy atom. The van der Waals surface area contributed by atoms with Crippen LogP contribution in [0.5, 0.6) is 0 Å². The number of hydrogen-bond acceptors (Lipinski definition) is 6. The van der Waals surface area contributed by atoms with E-state index in [0.29, 0.717) is 16.7 Å². The SMILES string of the molecule is CCNc1nnc(C(=O)N(C)Cc2cn[nH]c2)s1. The number of nitrogens with one attached hydrogen (secondary N) is 2. The van der Waals surface area contributed by atoms with E-state index in [0.717, 1.165) is 12.1 Å². The Bertz CT molecular complexity index is 508. The summed E-state index contributed by atoms with van der Waals surface area (Å²) >= 11 is 1.26. The van der Waals surface area contributed by atoms with Crippen molar-refractivity contribution in [1.29, 1.82) is 0 Å². The summed E-state index contributed by atoms with van der Waals surface area (Å²) in [5.41, 5.74) is 0.947. The summed E-state index contributed by atoms with van der Waals surface area (Å²) in [7, 11) is 1.73. The average molecular weight is 266 g/mol. The minimum Gasteiger partial charge on any atom is -0.360 e. The van der Waals surface area contributed by atoms with Crippen molar-refractivity contribution in [2.24, 2.45) is 0 Å². The molecule has 0 fully saturated rings. The van der Waals surface area contributed by atoms with Gasteiger partial charge in [-0.05, 0) is 6.92 Å². The summed E-state index contributed by atoms with van der Waals surface area (Å²) in [4.78, 5) is 13.6. The van der Waals surface area contributed by atoms with Crippen LogP contribution in [0.3, 0.4) is 0 Å². The molecule has 0 radical (unpaired) electrons. The molecule has 0 spiro atoms. The number of hydrogen-bond donors (Lipinski definition) is 2. The monoisotopic (exact) mass is 266 g/mol. The molecule has 7 nitrogen and oxygen atoms in total. The molecular weight excluding hydrogens is 252 g/mol. The third kappa shape index (κ3) is 2.83. The molecule has 0 aromatic carbocycles. The van der Waals surface area contributed by atoms with Crippen molar-refractivity contribution < 1.29 is 4.79 Å². The molecule has 0 aliphatic rings. The quantitative estimate of drug-likeness (QED) is 0.842. The Labute approximate surface area is 108 Å². The standard InChI is InChI=1S/C10H14N6OS/c1-3-11-10-15-14-8(18-10)9(17)16(2)6-7-4-12-13-5-7/h4-5H,3,6H2,1-2H3,(H,11,15)(H,12,13). The van der Waals surface area contributed by atoms with Gasteiger partial charge in [-0.2, -0.15) is 5.10 Å². The Hall–Kier alpha value is -1.96. The molecule has 0 aliphatic carbocycles. The van der Waals surface area contributed by atoms with Crippen LogP contribution in [0.1, 0.15) is 22.3 Å². The predicted molar refractivity (Wildman–Crippen MR) is 68.5 cm³/mol. The normalized spacial score (nSPS) is 10.3. The molecule has 2 aromatic heterocycles. The van der Waals surface area contributed by atoms with Gasteiger partial charge in [0.25, 0.3) is 5.91 Å². The first-order valence-corrected chi connectivity index (χ1v) is 6.33. The maximum Gasteiger partial charge on any atom is 0.284 e. The van der Waals surface area contributed by atoms with Gasteiger partial charge in [0.1, 0.15) is 0 Å². The number of H-pyrrole nitrogens is 1. The van der Waals surface area contributed by atoms with Gasteiger partial charge in [-0.15, -0.1) is 10.2 Å². The van der Waals surface area contributed by atoms with E-state index in [4.69, 9.17) is 0 Å². The maximum atomic E-state index is 12.1. The first kappa shape index (κ1) is 12.5. The second kappa shape index (κ2) is 5.58. The number of aromatic amines is 1. The number of amides is 1. The highest BCUT2D eigenvalue weighted by molar-refractivity contribution is 7.17. The third-order valence-electron chi connectivity index (χ3n) is 2.26. The Kier molecular flexibility index (Phi) is 3.88. The third-order valence-corrected chi connectivity index (χ3v) is 3.13. The summed E-state index contributed by atoms with van der Waals surface area (Å²) in [6.45, 7) is 3.22. The average Bonchev–Trinajstić information content (AvgIpc) is 3.00. The van der Waals surface area contributed by atoms with Gasteiger partial charge >= 0.3 is 0 Å². The summed E-state index contributed by atoms with van der Waals surface area (Å²) in [5.74, 6) is -0.141. The molecule has 1 amide bonds. The van der Waals surface area contributed by atoms with Crippen molar-refractivity contribution in [2.45, 2.75) is 13.5 Å². The minimum absolute atomic E-state index is 0.141. The van der Waals surface area contributed by atoms with Crippen molar-refractivity contribution in [1.82, 2.24) is 25.3 Å². The number of aromatic nitrogens is 4. The summed E-state index contributed by atoms with van der Waals surface area (Å²) in [6.07, 6.45) is 3.45. The lowest BCUT2D eigenvalue weighted by Gasteiger charge is -2.13. The minimum atomic E-state index is -0.141. The number of carbonyl (C=O) groups excluding carboxylic acids is 1. The lowest BCUT2D eigenvalue weighted by Crippen LogP contribution is -2.25. The first-order valence-electron chi connectivity index (χ1n) is 5.51. The highest BCUT2D eigenvalue weighted by atomic mass is 32.1. The fourth-order valence-electron chi connectivity index (χ4n) is 1.41. The van der Waals surface area contributed by atoms with Crippen molar-refractivity contribution in [3.63, 3.8) is 0 Å². The van der Waals surface area contributed by atoms with Crippen LogP contribution in [0.2, 0.25) is 0 Å². The maximum absolute atomic E-state index is 12.1. The molecule has 2 N–H and O–H groups in total. The van der Waals surface area contributed by atoms with Gasteiger partial charge in [-0.25, -0.2) is 0 Å². The van der Waals surface area contributed by atoms with Crippen molar-refractivity contribution >= 4 is 22.4 Å². The molecule has 18 heavy (non-hydrogen) atoms. The second-order valence-electron chi connectivity index (χ2n) is 3.71. The highest BCUT2D eigenvalue weighted by Gasteiger charge is 2.17. The zero-order valence-corrected chi connectivity index (χ0v) is 11.0. The predicted octanol–water partition coefficient (Wildman–Crippen LogP) is 0.965. The van der Waals surface area contributed by atoms with Gasteiger partial charge in [0.2, 0.25) is 10.1 Å². The molecule has 0 saturated heterocycles. The molecule has 0 unspecified atom stereocenters. The van der Waals surface area contributed by atoms with E-state index in [2.05, 4.69) is 25.7 Å². The molecule has 96 valence electrons. The fraction of sp³-hybridized carbons (Fsp3) is 0.400. The molecule has 2 heterocycles. The topological polar surface area (TPSA) is 86.8 Å². The lowest BCUT2D eigenvalue weighted by molar-refractivity contribution is 0.0784. The molecule has 2 aromatic rings. The fourth-order valence-corrected chi connectivity index (χ4v) is 2.21. The molecule has 0 saturated carbocycles. The molecule has 8 heteroatoms. The van der Waals surface area contributed by atoms with E-state index in [-0.39, 0.29) is 5.91 Å². The van der Waals surface area contributed by atoms with E-state index < -0.39 is 0 Å². The van der Waals surface area contributed by atoms with Gasteiger partial charge in [0.05, 0.1) is 6.20 Å². The van der Waals surface area contributed by atoms with Gasteiger partial charge in [-0.1, -0.05) is 11.3 Å². The number of rotatable bonds is 5. The van der Waals surface area contributed by atoms with Crippen LogP contribution >= 0.6 is 11.3 Å². The van der Waals surface area contributed by atoms with E-state index in [1.807, 2.05) is 6.92 Å². The number of carbonyl (C=O) groups is 1. The van der Waals surface area contributed by atoms with Crippen LogP contribution in [-0.2, 0) is 6.54 Å². The summed E-state index contributed by atoms with van der Waals surface area (Å²) in [5, 5.41) is 18.4. The zero-order valence-electron chi connectivity index (χ0n) is 10.2. The van der Waals surface area contributed by atoms with E-state index in [1.165, 1.54) is 11.3 Å². The summed E-state index contributed by atoms with van der Waals surface area (Å²) < 4.78 is 0. The number of anilines is 1. The second-order valence-corrected chi connectivity index (χ2v) is 4.69. The zero-order chi connectivity index (χ0) is 13.0. The molecule has 0 bridgehead atoms. The molecular formula is C10H14N6OS. The Morgan fingerprint density at radius 3 is 3.06 bits per heavy atom. The van der Waals surface area contributed by atoms with Crippen molar-refractivity contribution in [3.05, 3.63) is 23.0 Å². The van der Waals surface area contributed by atoms with Crippen LogP contribution in [-0.4, -0.2) is 44.8 Å². The summed E-state index contributed by atoms with van der Waals surface area (Å²) in [6, 6.07) is 0. The van der Waals surface area contributed by atoms with Gasteiger partial charge in [0.15, 0.2) is 0 Å². The van der Waals surface area contributed by atoms with Gasteiger partial charge in [-0.3, -0.25) is 9.89 Å².